The molecule has 22 heavy (non-hydrogen) atoms. The van der Waals surface area contributed by atoms with E-state index in [0.717, 1.165) is 32.5 Å². The molecule has 0 aliphatic carbocycles. The average Bonchev–Trinajstić information content (AvgIpc) is 2.48. The highest BCUT2D eigenvalue weighted by atomic mass is 16.1. The SMILES string of the molecule is CN(C)CCCNC(=O)c1cnc(NCCCN(C)C)cn1. The smallest absolute Gasteiger partial charge is 0.271 e. The lowest BCUT2D eigenvalue weighted by Gasteiger charge is -2.10. The zero-order valence-electron chi connectivity index (χ0n) is 14.1. The lowest BCUT2D eigenvalue weighted by atomic mass is 10.3. The molecule has 0 fully saturated rings. The zero-order valence-corrected chi connectivity index (χ0v) is 14.1. The van der Waals surface area contributed by atoms with E-state index < -0.39 is 0 Å². The van der Waals surface area contributed by atoms with Crippen LogP contribution in [0.25, 0.3) is 0 Å². The Morgan fingerprint density at radius 1 is 1.00 bits per heavy atom. The van der Waals surface area contributed by atoms with Crippen LogP contribution in [0.3, 0.4) is 0 Å². The summed E-state index contributed by atoms with van der Waals surface area (Å²) in [5, 5.41) is 6.04. The molecule has 0 bridgehead atoms. The van der Waals surface area contributed by atoms with Crippen LogP contribution >= 0.6 is 0 Å². The molecule has 0 saturated heterocycles. The molecule has 0 aliphatic heterocycles. The molecule has 0 aliphatic rings. The van der Waals surface area contributed by atoms with Gasteiger partial charge in [0.15, 0.2) is 0 Å². The zero-order chi connectivity index (χ0) is 16.4. The summed E-state index contributed by atoms with van der Waals surface area (Å²) in [4.78, 5) is 24.5. The molecule has 0 saturated carbocycles. The number of hydrogen-bond acceptors (Lipinski definition) is 6. The van der Waals surface area contributed by atoms with Crippen molar-refractivity contribution in [3.63, 3.8) is 0 Å². The Morgan fingerprint density at radius 3 is 2.18 bits per heavy atom. The number of aromatic nitrogens is 2. The van der Waals surface area contributed by atoms with Crippen LogP contribution in [-0.4, -0.2) is 80.0 Å². The molecule has 0 unspecified atom stereocenters. The van der Waals surface area contributed by atoms with E-state index in [2.05, 4.69) is 30.4 Å². The summed E-state index contributed by atoms with van der Waals surface area (Å²) in [5.74, 6) is 0.522. The van der Waals surface area contributed by atoms with E-state index in [0.29, 0.717) is 18.1 Å². The highest BCUT2D eigenvalue weighted by Crippen LogP contribution is 2.01. The number of hydrogen-bond donors (Lipinski definition) is 2. The number of amides is 1. The van der Waals surface area contributed by atoms with Gasteiger partial charge in [-0.15, -0.1) is 0 Å². The normalized spacial score (nSPS) is 11.0. The van der Waals surface area contributed by atoms with Crippen LogP contribution in [0.15, 0.2) is 12.4 Å². The van der Waals surface area contributed by atoms with E-state index in [-0.39, 0.29) is 5.91 Å². The van der Waals surface area contributed by atoms with Crippen LogP contribution in [-0.2, 0) is 0 Å². The second kappa shape index (κ2) is 10.1. The summed E-state index contributed by atoms with van der Waals surface area (Å²) in [6.45, 7) is 3.45. The number of anilines is 1. The van der Waals surface area contributed by atoms with E-state index in [4.69, 9.17) is 0 Å². The minimum absolute atomic E-state index is 0.176. The van der Waals surface area contributed by atoms with Crippen molar-refractivity contribution in [1.29, 1.82) is 0 Å². The summed E-state index contributed by atoms with van der Waals surface area (Å²) < 4.78 is 0. The van der Waals surface area contributed by atoms with Gasteiger partial charge >= 0.3 is 0 Å². The lowest BCUT2D eigenvalue weighted by molar-refractivity contribution is 0.0947. The van der Waals surface area contributed by atoms with Crippen molar-refractivity contribution >= 4 is 11.7 Å². The standard InChI is InChI=1S/C15H28N6O/c1-20(2)9-5-7-16-14-12-18-13(11-19-14)15(22)17-8-6-10-21(3)4/h11-12H,5-10H2,1-4H3,(H,16,19)(H,17,22). The molecular weight excluding hydrogens is 280 g/mol. The van der Waals surface area contributed by atoms with Gasteiger partial charge < -0.3 is 20.4 Å². The van der Waals surface area contributed by atoms with Crippen molar-refractivity contribution in [2.75, 3.05) is 59.7 Å². The second-order valence-corrected chi connectivity index (χ2v) is 5.78. The maximum atomic E-state index is 11.9. The summed E-state index contributed by atoms with van der Waals surface area (Å²) >= 11 is 0. The average molecular weight is 308 g/mol. The molecule has 0 atom stereocenters. The first-order valence-electron chi connectivity index (χ1n) is 7.62. The van der Waals surface area contributed by atoms with Crippen LogP contribution in [0.4, 0.5) is 5.82 Å². The van der Waals surface area contributed by atoms with Gasteiger partial charge in [-0.05, 0) is 54.1 Å². The molecule has 1 heterocycles. The number of nitrogens with zero attached hydrogens (tertiary/aromatic N) is 4. The van der Waals surface area contributed by atoms with Crippen LogP contribution in [0.5, 0.6) is 0 Å². The molecule has 124 valence electrons. The first kappa shape index (κ1) is 18.3. The quantitative estimate of drug-likeness (QED) is 0.614. The van der Waals surface area contributed by atoms with Gasteiger partial charge in [0, 0.05) is 13.1 Å². The molecule has 1 aromatic heterocycles. The Balaban J connectivity index is 2.29. The van der Waals surface area contributed by atoms with E-state index in [9.17, 15) is 4.79 Å². The molecule has 1 rings (SSSR count). The van der Waals surface area contributed by atoms with E-state index in [1.165, 1.54) is 6.20 Å². The van der Waals surface area contributed by atoms with Gasteiger partial charge in [0.1, 0.15) is 11.5 Å². The molecule has 1 amide bonds. The van der Waals surface area contributed by atoms with Crippen molar-refractivity contribution in [3.05, 3.63) is 18.1 Å². The number of carbonyl (C=O) groups excluding carboxylic acids is 1. The van der Waals surface area contributed by atoms with Crippen molar-refractivity contribution in [3.8, 4) is 0 Å². The van der Waals surface area contributed by atoms with Crippen molar-refractivity contribution in [1.82, 2.24) is 25.1 Å². The van der Waals surface area contributed by atoms with Crippen LogP contribution in [0.1, 0.15) is 23.3 Å². The number of carbonyl (C=O) groups is 1. The third kappa shape index (κ3) is 7.90. The topological polar surface area (TPSA) is 73.4 Å². The maximum absolute atomic E-state index is 11.9. The number of rotatable bonds is 10. The molecule has 0 radical (unpaired) electrons. The number of nitrogens with one attached hydrogen (secondary N) is 2. The minimum Gasteiger partial charge on any atom is -0.369 e. The van der Waals surface area contributed by atoms with Gasteiger partial charge in [0.2, 0.25) is 0 Å². The van der Waals surface area contributed by atoms with E-state index >= 15 is 0 Å². The predicted octanol–water partition coefficient (Wildman–Crippen LogP) is 0.522. The van der Waals surface area contributed by atoms with Gasteiger partial charge in [-0.1, -0.05) is 0 Å². The first-order valence-corrected chi connectivity index (χ1v) is 7.62. The van der Waals surface area contributed by atoms with Gasteiger partial charge in [-0.2, -0.15) is 0 Å². The summed E-state index contributed by atoms with van der Waals surface area (Å²) in [6, 6.07) is 0. The summed E-state index contributed by atoms with van der Waals surface area (Å²) in [6.07, 6.45) is 5.06. The van der Waals surface area contributed by atoms with Crippen LogP contribution in [0.2, 0.25) is 0 Å². The van der Waals surface area contributed by atoms with Crippen LogP contribution < -0.4 is 10.6 Å². The fourth-order valence-electron chi connectivity index (χ4n) is 1.84. The summed E-state index contributed by atoms with van der Waals surface area (Å²) in [7, 11) is 8.12. The maximum Gasteiger partial charge on any atom is 0.271 e. The van der Waals surface area contributed by atoms with Gasteiger partial charge in [0.25, 0.3) is 5.91 Å². The van der Waals surface area contributed by atoms with Gasteiger partial charge in [0.05, 0.1) is 12.4 Å². The Hall–Kier alpha value is -1.73. The second-order valence-electron chi connectivity index (χ2n) is 5.78. The Morgan fingerprint density at radius 2 is 1.64 bits per heavy atom. The van der Waals surface area contributed by atoms with E-state index in [1.807, 2.05) is 28.2 Å². The molecular formula is C15H28N6O. The van der Waals surface area contributed by atoms with Crippen molar-refractivity contribution < 1.29 is 4.79 Å². The molecule has 7 heteroatoms. The van der Waals surface area contributed by atoms with Gasteiger partial charge in [-0.3, -0.25) is 4.79 Å². The fourth-order valence-corrected chi connectivity index (χ4v) is 1.84. The largest absolute Gasteiger partial charge is 0.369 e. The van der Waals surface area contributed by atoms with E-state index in [1.54, 1.807) is 6.20 Å². The highest BCUT2D eigenvalue weighted by molar-refractivity contribution is 5.91. The molecule has 7 nitrogen and oxygen atoms in total. The molecule has 2 N–H and O–H groups in total. The fraction of sp³-hybridized carbons (Fsp3) is 0.667. The Labute approximate surface area is 133 Å². The first-order chi connectivity index (χ1) is 10.5. The Kier molecular flexibility index (Phi) is 8.39. The highest BCUT2D eigenvalue weighted by Gasteiger charge is 2.07. The monoisotopic (exact) mass is 308 g/mol. The molecule has 0 aromatic carbocycles. The van der Waals surface area contributed by atoms with Crippen molar-refractivity contribution in [2.45, 2.75) is 12.8 Å². The minimum atomic E-state index is -0.176. The molecule has 1 aromatic rings. The Bertz CT molecular complexity index is 432. The lowest BCUT2D eigenvalue weighted by Crippen LogP contribution is -2.28. The third-order valence-electron chi connectivity index (χ3n) is 3.04. The van der Waals surface area contributed by atoms with Gasteiger partial charge in [-0.25, -0.2) is 9.97 Å². The summed E-state index contributed by atoms with van der Waals surface area (Å²) in [5.41, 5.74) is 0.351. The third-order valence-corrected chi connectivity index (χ3v) is 3.04. The predicted molar refractivity (Wildman–Crippen MR) is 89.2 cm³/mol. The molecule has 0 spiro atoms. The van der Waals surface area contributed by atoms with Crippen molar-refractivity contribution in [2.24, 2.45) is 0 Å². The van der Waals surface area contributed by atoms with Crippen LogP contribution in [0, 0.1) is 0 Å².